The third-order valence-electron chi connectivity index (χ3n) is 6.12. The Morgan fingerprint density at radius 2 is 1.81 bits per heavy atom. The van der Waals surface area contributed by atoms with E-state index in [2.05, 4.69) is 5.32 Å². The van der Waals surface area contributed by atoms with E-state index in [1.807, 2.05) is 11.0 Å². The number of nitrogens with zero attached hydrogens (tertiary/aromatic N) is 3. The molecular formula is C22H26N4O5S. The van der Waals surface area contributed by atoms with Gasteiger partial charge in [0.15, 0.2) is 0 Å². The molecule has 1 saturated heterocycles. The molecule has 0 radical (unpaired) electrons. The van der Waals surface area contributed by atoms with E-state index in [0.717, 1.165) is 24.8 Å². The van der Waals surface area contributed by atoms with Gasteiger partial charge in [0.2, 0.25) is 15.9 Å². The van der Waals surface area contributed by atoms with Crippen molar-refractivity contribution in [3.63, 3.8) is 0 Å². The number of nitro benzene ring substituents is 1. The Morgan fingerprint density at radius 3 is 2.53 bits per heavy atom. The van der Waals surface area contributed by atoms with Crippen LogP contribution in [0.3, 0.4) is 0 Å². The quantitative estimate of drug-likeness (QED) is 0.525. The monoisotopic (exact) mass is 458 g/mol. The smallest absolute Gasteiger partial charge is 0.293 e. The molecule has 4 rings (SSSR count). The minimum Gasteiger partial charge on any atom is -0.319 e. The molecule has 0 saturated carbocycles. The first-order valence-corrected chi connectivity index (χ1v) is 12.1. The molecule has 1 fully saturated rings. The van der Waals surface area contributed by atoms with Crippen molar-refractivity contribution >= 4 is 27.3 Å². The zero-order valence-corrected chi connectivity index (χ0v) is 18.7. The number of carbonyl (C=O) groups excluding carboxylic acids is 1. The molecule has 0 unspecified atom stereocenters. The van der Waals surface area contributed by atoms with Crippen LogP contribution in [0, 0.1) is 17.0 Å². The van der Waals surface area contributed by atoms with Crippen molar-refractivity contribution in [3.8, 4) is 0 Å². The SMILES string of the molecule is Cc1cccc([N+](=O)[O-])c1NC(=O)CN1CCN(S(=O)(=O)c2ccc3c(c2)CCC3)CC1. The molecule has 170 valence electrons. The second-order valence-corrected chi connectivity index (χ2v) is 10.2. The van der Waals surface area contributed by atoms with E-state index in [4.69, 9.17) is 0 Å². The van der Waals surface area contributed by atoms with Gasteiger partial charge in [-0.1, -0.05) is 18.2 Å². The van der Waals surface area contributed by atoms with E-state index in [1.54, 1.807) is 31.2 Å². The van der Waals surface area contributed by atoms with Gasteiger partial charge in [-0.15, -0.1) is 0 Å². The van der Waals surface area contributed by atoms with Gasteiger partial charge < -0.3 is 5.32 Å². The average molecular weight is 459 g/mol. The Hall–Kier alpha value is -2.82. The van der Waals surface area contributed by atoms with Crippen LogP contribution in [0.5, 0.6) is 0 Å². The Labute approximate surface area is 187 Å². The maximum Gasteiger partial charge on any atom is 0.293 e. The van der Waals surface area contributed by atoms with Crippen LogP contribution in [0.15, 0.2) is 41.3 Å². The van der Waals surface area contributed by atoms with Gasteiger partial charge in [0.05, 0.1) is 16.4 Å². The predicted octanol–water partition coefficient (Wildman–Crippen LogP) is 2.34. The minimum atomic E-state index is -3.57. The first-order chi connectivity index (χ1) is 15.3. The fourth-order valence-electron chi connectivity index (χ4n) is 4.33. The van der Waals surface area contributed by atoms with Gasteiger partial charge in [-0.2, -0.15) is 4.31 Å². The van der Waals surface area contributed by atoms with Crippen molar-refractivity contribution in [2.24, 2.45) is 0 Å². The molecule has 2 aromatic rings. The highest BCUT2D eigenvalue weighted by molar-refractivity contribution is 7.89. The fraction of sp³-hybridized carbons (Fsp3) is 0.409. The number of rotatable bonds is 6. The van der Waals surface area contributed by atoms with Crippen LogP contribution in [0.25, 0.3) is 0 Å². The van der Waals surface area contributed by atoms with Gasteiger partial charge in [-0.05, 0) is 55.0 Å². The minimum absolute atomic E-state index is 0.0399. The lowest BCUT2D eigenvalue weighted by molar-refractivity contribution is -0.384. The van der Waals surface area contributed by atoms with E-state index >= 15 is 0 Å². The van der Waals surface area contributed by atoms with Crippen LogP contribution in [0.1, 0.15) is 23.1 Å². The summed E-state index contributed by atoms with van der Waals surface area (Å²) in [7, 11) is -3.57. The highest BCUT2D eigenvalue weighted by atomic mass is 32.2. The normalized spacial score (nSPS) is 17.2. The summed E-state index contributed by atoms with van der Waals surface area (Å²) in [5.74, 6) is -0.364. The van der Waals surface area contributed by atoms with Crippen molar-refractivity contribution in [2.45, 2.75) is 31.1 Å². The third kappa shape index (κ3) is 4.52. The lowest BCUT2D eigenvalue weighted by Gasteiger charge is -2.33. The molecular weight excluding hydrogens is 432 g/mol. The molecule has 0 bridgehead atoms. The summed E-state index contributed by atoms with van der Waals surface area (Å²) in [5, 5.41) is 13.9. The van der Waals surface area contributed by atoms with Crippen molar-refractivity contribution in [1.82, 2.24) is 9.21 Å². The highest BCUT2D eigenvalue weighted by Crippen LogP contribution is 2.28. The molecule has 1 heterocycles. The Bertz CT molecular complexity index is 1160. The standard InChI is InChI=1S/C22H26N4O5S/c1-16-4-2-7-20(26(28)29)22(16)23-21(27)15-24-10-12-25(13-11-24)32(30,31)19-9-8-17-5-3-6-18(17)14-19/h2,4,7-9,14H,3,5-6,10-13,15H2,1H3,(H,23,27). The number of para-hydroxylation sites is 1. The number of fused-ring (bicyclic) bond motifs is 1. The lowest BCUT2D eigenvalue weighted by Crippen LogP contribution is -2.50. The van der Waals surface area contributed by atoms with Crippen LogP contribution in [-0.4, -0.2) is 61.2 Å². The summed E-state index contributed by atoms with van der Waals surface area (Å²) in [4.78, 5) is 25.4. The van der Waals surface area contributed by atoms with Gasteiger partial charge in [0.1, 0.15) is 5.69 Å². The second kappa shape index (κ2) is 8.97. The molecule has 10 heteroatoms. The zero-order valence-electron chi connectivity index (χ0n) is 17.9. The second-order valence-electron chi connectivity index (χ2n) is 8.24. The molecule has 1 aliphatic heterocycles. The number of benzene rings is 2. The van der Waals surface area contributed by atoms with Crippen molar-refractivity contribution in [3.05, 3.63) is 63.2 Å². The van der Waals surface area contributed by atoms with E-state index in [1.165, 1.54) is 15.9 Å². The van der Waals surface area contributed by atoms with E-state index in [-0.39, 0.29) is 36.9 Å². The van der Waals surface area contributed by atoms with Crippen molar-refractivity contribution in [2.75, 3.05) is 38.0 Å². The number of hydrogen-bond acceptors (Lipinski definition) is 6. The van der Waals surface area contributed by atoms with Crippen LogP contribution < -0.4 is 5.32 Å². The van der Waals surface area contributed by atoms with E-state index in [0.29, 0.717) is 23.5 Å². The number of sulfonamides is 1. The maximum absolute atomic E-state index is 13.1. The maximum atomic E-state index is 13.1. The molecule has 2 aliphatic rings. The largest absolute Gasteiger partial charge is 0.319 e. The number of piperazine rings is 1. The number of carbonyl (C=O) groups is 1. The van der Waals surface area contributed by atoms with E-state index in [9.17, 15) is 23.3 Å². The van der Waals surface area contributed by atoms with Crippen LogP contribution in [-0.2, 0) is 27.7 Å². The topological polar surface area (TPSA) is 113 Å². The summed E-state index contributed by atoms with van der Waals surface area (Å²) >= 11 is 0. The fourth-order valence-corrected chi connectivity index (χ4v) is 5.81. The molecule has 1 aliphatic carbocycles. The first-order valence-electron chi connectivity index (χ1n) is 10.6. The number of nitro groups is 1. The number of aryl methyl sites for hydroxylation is 3. The van der Waals surface area contributed by atoms with Gasteiger partial charge >= 0.3 is 0 Å². The molecule has 0 spiro atoms. The van der Waals surface area contributed by atoms with Crippen LogP contribution >= 0.6 is 0 Å². The Morgan fingerprint density at radius 1 is 1.09 bits per heavy atom. The van der Waals surface area contributed by atoms with Gasteiger partial charge in [-0.3, -0.25) is 19.8 Å². The Balaban J connectivity index is 1.36. The lowest BCUT2D eigenvalue weighted by atomic mass is 10.1. The molecule has 0 aromatic heterocycles. The molecule has 9 nitrogen and oxygen atoms in total. The van der Waals surface area contributed by atoms with Gasteiger partial charge in [-0.25, -0.2) is 8.42 Å². The Kier molecular flexibility index (Phi) is 6.27. The average Bonchev–Trinajstić information content (AvgIpc) is 3.23. The summed E-state index contributed by atoms with van der Waals surface area (Å²) in [5.41, 5.74) is 3.00. The summed E-state index contributed by atoms with van der Waals surface area (Å²) in [6.07, 6.45) is 2.98. The van der Waals surface area contributed by atoms with Gasteiger partial charge in [0.25, 0.3) is 5.69 Å². The van der Waals surface area contributed by atoms with Crippen LogP contribution in [0.4, 0.5) is 11.4 Å². The zero-order chi connectivity index (χ0) is 22.9. The number of amides is 1. The predicted molar refractivity (Wildman–Crippen MR) is 120 cm³/mol. The van der Waals surface area contributed by atoms with Crippen LogP contribution in [0.2, 0.25) is 0 Å². The summed E-state index contributed by atoms with van der Waals surface area (Å²) in [6.45, 7) is 3.14. The third-order valence-corrected chi connectivity index (χ3v) is 8.01. The summed E-state index contributed by atoms with van der Waals surface area (Å²) in [6, 6.07) is 10.0. The van der Waals surface area contributed by atoms with Crippen molar-refractivity contribution < 1.29 is 18.1 Å². The molecule has 32 heavy (non-hydrogen) atoms. The molecule has 1 N–H and O–H groups in total. The van der Waals surface area contributed by atoms with Gasteiger partial charge in [0, 0.05) is 32.2 Å². The molecule has 0 atom stereocenters. The number of nitrogens with one attached hydrogen (secondary N) is 1. The molecule has 1 amide bonds. The number of hydrogen-bond donors (Lipinski definition) is 1. The molecule has 2 aromatic carbocycles. The van der Waals surface area contributed by atoms with Crippen molar-refractivity contribution in [1.29, 1.82) is 0 Å². The first kappa shape index (κ1) is 22.4. The highest BCUT2D eigenvalue weighted by Gasteiger charge is 2.30. The summed E-state index contributed by atoms with van der Waals surface area (Å²) < 4.78 is 27.6. The van der Waals surface area contributed by atoms with E-state index < -0.39 is 14.9 Å². The number of anilines is 1.